The molecule has 17 heavy (non-hydrogen) atoms. The van der Waals surface area contributed by atoms with Gasteiger partial charge in [0.15, 0.2) is 5.69 Å². The Balaban J connectivity index is 3.27. The fraction of sp³-hybridized carbons (Fsp3) is 0.455. The van der Waals surface area contributed by atoms with Crippen molar-refractivity contribution in [2.24, 2.45) is 5.73 Å². The molecule has 1 aromatic rings. The Hall–Kier alpha value is -1.56. The van der Waals surface area contributed by atoms with Gasteiger partial charge in [0.05, 0.1) is 12.2 Å². The normalized spacial score (nSPS) is 10.7. The Morgan fingerprint density at radius 3 is 2.71 bits per heavy atom. The van der Waals surface area contributed by atoms with Crippen LogP contribution in [0.25, 0.3) is 0 Å². The van der Waals surface area contributed by atoms with E-state index < -0.39 is 18.0 Å². The van der Waals surface area contributed by atoms with Gasteiger partial charge in [0.2, 0.25) is 0 Å². The molecule has 0 spiro atoms. The number of alkyl halides is 2. The van der Waals surface area contributed by atoms with Gasteiger partial charge in [0, 0.05) is 12.2 Å². The summed E-state index contributed by atoms with van der Waals surface area (Å²) < 4.78 is 30.3. The lowest BCUT2D eigenvalue weighted by Gasteiger charge is -2.11. The zero-order valence-corrected chi connectivity index (χ0v) is 9.67. The number of ether oxygens (including phenoxy) is 1. The van der Waals surface area contributed by atoms with Crippen molar-refractivity contribution in [2.75, 3.05) is 6.61 Å². The number of aryl methyl sites for hydroxylation is 1. The van der Waals surface area contributed by atoms with Crippen molar-refractivity contribution in [3.8, 4) is 0 Å². The van der Waals surface area contributed by atoms with Gasteiger partial charge in [0.1, 0.15) is 0 Å². The lowest BCUT2D eigenvalue weighted by Crippen LogP contribution is -2.14. The fourth-order valence-corrected chi connectivity index (χ4v) is 1.40. The van der Waals surface area contributed by atoms with Gasteiger partial charge in [-0.05, 0) is 25.5 Å². The van der Waals surface area contributed by atoms with Crippen molar-refractivity contribution in [1.82, 2.24) is 4.98 Å². The first-order valence-corrected chi connectivity index (χ1v) is 5.17. The van der Waals surface area contributed by atoms with Gasteiger partial charge in [-0.1, -0.05) is 0 Å². The quantitative estimate of drug-likeness (QED) is 0.822. The molecule has 0 atom stereocenters. The van der Waals surface area contributed by atoms with Crippen molar-refractivity contribution in [1.29, 1.82) is 0 Å². The van der Waals surface area contributed by atoms with E-state index >= 15 is 0 Å². The van der Waals surface area contributed by atoms with Crippen LogP contribution in [0.2, 0.25) is 0 Å². The van der Waals surface area contributed by atoms with Gasteiger partial charge in [0.25, 0.3) is 6.43 Å². The average Bonchev–Trinajstić information content (AvgIpc) is 2.28. The van der Waals surface area contributed by atoms with E-state index in [0.29, 0.717) is 11.3 Å². The third kappa shape index (κ3) is 2.97. The number of hydrogen-bond donors (Lipinski definition) is 1. The lowest BCUT2D eigenvalue weighted by atomic mass is 10.1. The van der Waals surface area contributed by atoms with Gasteiger partial charge >= 0.3 is 5.97 Å². The van der Waals surface area contributed by atoms with E-state index in [1.165, 1.54) is 6.07 Å². The minimum atomic E-state index is -2.78. The van der Waals surface area contributed by atoms with E-state index in [1.54, 1.807) is 13.8 Å². The molecule has 94 valence electrons. The number of aromatic nitrogens is 1. The van der Waals surface area contributed by atoms with Crippen LogP contribution in [0.3, 0.4) is 0 Å². The summed E-state index contributed by atoms with van der Waals surface area (Å²) in [5.74, 6) is -0.838. The van der Waals surface area contributed by atoms with Crippen molar-refractivity contribution in [3.05, 3.63) is 28.6 Å². The van der Waals surface area contributed by atoms with E-state index in [0.717, 1.165) is 0 Å². The Morgan fingerprint density at radius 2 is 2.24 bits per heavy atom. The van der Waals surface area contributed by atoms with Crippen LogP contribution in [0.5, 0.6) is 0 Å². The molecular formula is C11H14F2N2O2. The minimum absolute atomic E-state index is 0.0989. The van der Waals surface area contributed by atoms with E-state index in [2.05, 4.69) is 9.72 Å². The fourth-order valence-electron chi connectivity index (χ4n) is 1.40. The third-order valence-electron chi connectivity index (χ3n) is 2.27. The Morgan fingerprint density at radius 1 is 1.59 bits per heavy atom. The zero-order valence-electron chi connectivity index (χ0n) is 9.67. The van der Waals surface area contributed by atoms with Crippen LogP contribution in [0, 0.1) is 6.92 Å². The monoisotopic (exact) mass is 244 g/mol. The largest absolute Gasteiger partial charge is 0.461 e. The Labute approximate surface area is 97.8 Å². The first kappa shape index (κ1) is 13.5. The summed E-state index contributed by atoms with van der Waals surface area (Å²) >= 11 is 0. The Bertz CT molecular complexity index is 422. The highest BCUT2D eigenvalue weighted by molar-refractivity contribution is 5.89. The molecule has 1 heterocycles. The second-order valence-corrected chi connectivity index (χ2v) is 3.40. The number of nitrogens with two attached hydrogens (primary N) is 1. The van der Waals surface area contributed by atoms with Gasteiger partial charge in [-0.2, -0.15) is 0 Å². The van der Waals surface area contributed by atoms with Crippen LogP contribution in [0.1, 0.15) is 40.7 Å². The summed E-state index contributed by atoms with van der Waals surface area (Å²) in [6.07, 6.45) is -2.78. The SMILES string of the molecule is CCOC(=O)c1nc(C)c(CN)cc1C(F)F. The summed E-state index contributed by atoms with van der Waals surface area (Å²) in [4.78, 5) is 15.3. The topological polar surface area (TPSA) is 65.2 Å². The molecular weight excluding hydrogens is 230 g/mol. The summed E-state index contributed by atoms with van der Waals surface area (Å²) in [5, 5.41) is 0. The van der Waals surface area contributed by atoms with Gasteiger partial charge < -0.3 is 10.5 Å². The number of carbonyl (C=O) groups excluding carboxylic acids is 1. The van der Waals surface area contributed by atoms with E-state index in [4.69, 9.17) is 5.73 Å². The molecule has 0 aliphatic rings. The molecule has 0 amide bonds. The molecule has 2 N–H and O–H groups in total. The summed E-state index contributed by atoms with van der Waals surface area (Å²) in [7, 11) is 0. The molecule has 4 nitrogen and oxygen atoms in total. The van der Waals surface area contributed by atoms with Crippen LogP contribution >= 0.6 is 0 Å². The smallest absolute Gasteiger partial charge is 0.357 e. The van der Waals surface area contributed by atoms with Gasteiger partial charge in [-0.3, -0.25) is 0 Å². The maximum Gasteiger partial charge on any atom is 0.357 e. The van der Waals surface area contributed by atoms with Crippen LogP contribution < -0.4 is 5.73 Å². The molecule has 1 aromatic heterocycles. The number of carbonyl (C=O) groups is 1. The highest BCUT2D eigenvalue weighted by Gasteiger charge is 2.22. The number of esters is 1. The van der Waals surface area contributed by atoms with E-state index in [-0.39, 0.29) is 18.8 Å². The molecule has 0 unspecified atom stereocenters. The Kier molecular flexibility index (Phi) is 4.51. The molecule has 0 saturated heterocycles. The predicted octanol–water partition coefficient (Wildman–Crippen LogP) is 1.96. The highest BCUT2D eigenvalue weighted by Crippen LogP contribution is 2.24. The van der Waals surface area contributed by atoms with Crippen molar-refractivity contribution >= 4 is 5.97 Å². The maximum absolute atomic E-state index is 12.8. The van der Waals surface area contributed by atoms with Crippen molar-refractivity contribution in [3.63, 3.8) is 0 Å². The second kappa shape index (κ2) is 5.67. The van der Waals surface area contributed by atoms with Crippen LogP contribution in [-0.2, 0) is 11.3 Å². The number of nitrogens with zero attached hydrogens (tertiary/aromatic N) is 1. The standard InChI is InChI=1S/C11H14F2N2O2/c1-3-17-11(16)9-8(10(12)13)4-7(5-14)6(2)15-9/h4,10H,3,5,14H2,1-2H3. The molecule has 0 aliphatic carbocycles. The number of rotatable bonds is 4. The summed E-state index contributed by atoms with van der Waals surface area (Å²) in [6.45, 7) is 3.42. The lowest BCUT2D eigenvalue weighted by molar-refractivity contribution is 0.0507. The van der Waals surface area contributed by atoms with Gasteiger partial charge in [-0.15, -0.1) is 0 Å². The van der Waals surface area contributed by atoms with Crippen LogP contribution in [0.15, 0.2) is 6.07 Å². The molecule has 0 aliphatic heterocycles. The highest BCUT2D eigenvalue weighted by atomic mass is 19.3. The summed E-state index contributed by atoms with van der Waals surface area (Å²) in [5.41, 5.74) is 5.58. The first-order chi connectivity index (χ1) is 8.01. The zero-order chi connectivity index (χ0) is 13.0. The molecule has 0 radical (unpaired) electrons. The maximum atomic E-state index is 12.8. The molecule has 0 fully saturated rings. The van der Waals surface area contributed by atoms with Crippen LogP contribution in [0.4, 0.5) is 8.78 Å². The minimum Gasteiger partial charge on any atom is -0.461 e. The number of halogens is 2. The summed E-state index contributed by atoms with van der Waals surface area (Å²) in [6, 6.07) is 1.21. The van der Waals surface area contributed by atoms with Crippen molar-refractivity contribution in [2.45, 2.75) is 26.8 Å². The molecule has 6 heteroatoms. The predicted molar refractivity (Wildman–Crippen MR) is 57.8 cm³/mol. The van der Waals surface area contributed by atoms with E-state index in [9.17, 15) is 13.6 Å². The number of pyridine rings is 1. The molecule has 0 aromatic carbocycles. The number of hydrogen-bond acceptors (Lipinski definition) is 4. The molecule has 1 rings (SSSR count). The average molecular weight is 244 g/mol. The molecule has 0 bridgehead atoms. The van der Waals surface area contributed by atoms with E-state index in [1.807, 2.05) is 0 Å². The third-order valence-corrected chi connectivity index (χ3v) is 2.27. The van der Waals surface area contributed by atoms with Gasteiger partial charge in [-0.25, -0.2) is 18.6 Å². The molecule has 0 saturated carbocycles. The van der Waals surface area contributed by atoms with Crippen molar-refractivity contribution < 1.29 is 18.3 Å². The second-order valence-electron chi connectivity index (χ2n) is 3.40. The van der Waals surface area contributed by atoms with Crippen LogP contribution in [-0.4, -0.2) is 17.6 Å². The first-order valence-electron chi connectivity index (χ1n) is 5.17.